The second-order valence-corrected chi connectivity index (χ2v) is 9.25. The van der Waals surface area contributed by atoms with E-state index in [2.05, 4.69) is 51.7 Å². The molecule has 1 aromatic carbocycles. The summed E-state index contributed by atoms with van der Waals surface area (Å²) in [7, 11) is -1.51. The van der Waals surface area contributed by atoms with E-state index in [1.54, 1.807) is 7.05 Å². The average Bonchev–Trinajstić information content (AvgIpc) is 2.68. The number of aryl methyl sites for hydroxylation is 1. The molecule has 7 nitrogen and oxygen atoms in total. The molecule has 0 bridgehead atoms. The summed E-state index contributed by atoms with van der Waals surface area (Å²) < 4.78 is 26.1. The van der Waals surface area contributed by atoms with Gasteiger partial charge in [-0.05, 0) is 31.9 Å². The van der Waals surface area contributed by atoms with Crippen LogP contribution in [0.3, 0.4) is 0 Å². The highest BCUT2D eigenvalue weighted by atomic mass is 32.2. The molecule has 0 radical (unpaired) electrons. The second kappa shape index (κ2) is 10.7. The smallest absolute Gasteiger partial charge is 0.215 e. The van der Waals surface area contributed by atoms with Crippen molar-refractivity contribution in [2.75, 3.05) is 50.4 Å². The van der Waals surface area contributed by atoms with Crippen molar-refractivity contribution in [2.45, 2.75) is 39.7 Å². The maximum absolute atomic E-state index is 12.3. The summed E-state index contributed by atoms with van der Waals surface area (Å²) in [6, 6.07) is 8.90. The SMILES string of the molecule is CCN(CC)S(=O)(=O)CCNC(=NC)NC1CCCN(c2ccc(C)cc2)C1. The van der Waals surface area contributed by atoms with Crippen molar-refractivity contribution in [1.82, 2.24) is 14.9 Å². The Kier molecular flexibility index (Phi) is 8.57. The van der Waals surface area contributed by atoms with E-state index in [0.29, 0.717) is 25.6 Å². The zero-order chi connectivity index (χ0) is 20.6. The number of nitrogens with one attached hydrogen (secondary N) is 2. The van der Waals surface area contributed by atoms with Gasteiger partial charge in [-0.1, -0.05) is 31.5 Å². The van der Waals surface area contributed by atoms with Gasteiger partial charge in [0.15, 0.2) is 5.96 Å². The maximum atomic E-state index is 12.3. The number of benzene rings is 1. The van der Waals surface area contributed by atoms with Crippen LogP contribution in [-0.2, 0) is 10.0 Å². The fourth-order valence-electron chi connectivity index (χ4n) is 3.52. The van der Waals surface area contributed by atoms with Gasteiger partial charge in [-0.3, -0.25) is 4.99 Å². The summed E-state index contributed by atoms with van der Waals surface area (Å²) in [6.45, 7) is 9.12. The monoisotopic (exact) mass is 409 g/mol. The van der Waals surface area contributed by atoms with E-state index in [4.69, 9.17) is 0 Å². The predicted octanol–water partition coefficient (Wildman–Crippen LogP) is 1.80. The van der Waals surface area contributed by atoms with Crippen LogP contribution < -0.4 is 15.5 Å². The molecular formula is C20H35N5O2S. The third-order valence-electron chi connectivity index (χ3n) is 5.14. The van der Waals surface area contributed by atoms with E-state index in [9.17, 15) is 8.42 Å². The van der Waals surface area contributed by atoms with Crippen molar-refractivity contribution in [3.63, 3.8) is 0 Å². The predicted molar refractivity (Wildman–Crippen MR) is 118 cm³/mol. The highest BCUT2D eigenvalue weighted by Gasteiger charge is 2.22. The minimum Gasteiger partial charge on any atom is -0.369 e. The molecule has 0 amide bonds. The van der Waals surface area contributed by atoms with Crippen LogP contribution in [0.1, 0.15) is 32.3 Å². The van der Waals surface area contributed by atoms with E-state index in [1.807, 2.05) is 13.8 Å². The molecule has 1 aromatic rings. The Hall–Kier alpha value is -1.80. The Labute approximate surface area is 170 Å². The summed E-state index contributed by atoms with van der Waals surface area (Å²) >= 11 is 0. The van der Waals surface area contributed by atoms with Crippen LogP contribution in [0.25, 0.3) is 0 Å². The van der Waals surface area contributed by atoms with Crippen molar-refractivity contribution < 1.29 is 8.42 Å². The molecule has 1 unspecified atom stereocenters. The first-order valence-electron chi connectivity index (χ1n) is 10.2. The van der Waals surface area contributed by atoms with E-state index in [0.717, 1.165) is 25.9 Å². The van der Waals surface area contributed by atoms with Crippen LogP contribution in [0.5, 0.6) is 0 Å². The quantitative estimate of drug-likeness (QED) is 0.506. The first kappa shape index (κ1) is 22.5. The molecule has 0 saturated carbocycles. The normalized spacial score (nSPS) is 18.4. The minimum atomic E-state index is -3.23. The Bertz CT molecular complexity index is 729. The highest BCUT2D eigenvalue weighted by molar-refractivity contribution is 7.89. The Morgan fingerprint density at radius 2 is 1.93 bits per heavy atom. The lowest BCUT2D eigenvalue weighted by Crippen LogP contribution is -2.52. The molecule has 1 aliphatic rings. The molecule has 2 N–H and O–H groups in total. The van der Waals surface area contributed by atoms with Crippen molar-refractivity contribution in [2.24, 2.45) is 4.99 Å². The molecule has 1 aliphatic heterocycles. The van der Waals surface area contributed by atoms with Gasteiger partial charge in [-0.15, -0.1) is 0 Å². The average molecular weight is 410 g/mol. The number of anilines is 1. The first-order chi connectivity index (χ1) is 13.4. The highest BCUT2D eigenvalue weighted by Crippen LogP contribution is 2.20. The summed E-state index contributed by atoms with van der Waals surface area (Å²) in [5.74, 6) is 0.723. The fraction of sp³-hybridized carbons (Fsp3) is 0.650. The Balaban J connectivity index is 1.86. The van der Waals surface area contributed by atoms with Crippen LogP contribution >= 0.6 is 0 Å². The molecule has 1 saturated heterocycles. The summed E-state index contributed by atoms with van der Waals surface area (Å²) in [4.78, 5) is 6.65. The molecule has 0 spiro atoms. The van der Waals surface area contributed by atoms with Gasteiger partial charge in [-0.2, -0.15) is 0 Å². The van der Waals surface area contributed by atoms with E-state index >= 15 is 0 Å². The van der Waals surface area contributed by atoms with Crippen molar-refractivity contribution in [3.05, 3.63) is 29.8 Å². The zero-order valence-electron chi connectivity index (χ0n) is 17.6. The lowest BCUT2D eigenvalue weighted by Gasteiger charge is -2.35. The third kappa shape index (κ3) is 6.38. The molecule has 28 heavy (non-hydrogen) atoms. The van der Waals surface area contributed by atoms with E-state index in [1.165, 1.54) is 15.6 Å². The molecule has 2 rings (SSSR count). The number of guanidine groups is 1. The van der Waals surface area contributed by atoms with E-state index in [-0.39, 0.29) is 11.8 Å². The standard InChI is InChI=1S/C20H35N5O2S/c1-5-25(6-2)28(26,27)15-13-22-20(21-4)23-18-8-7-14-24(16-18)19-11-9-17(3)10-12-19/h9-12,18H,5-8,13-16H2,1-4H3,(H2,21,22,23). The van der Waals surface area contributed by atoms with Crippen LogP contribution in [0, 0.1) is 6.92 Å². The number of hydrogen-bond acceptors (Lipinski definition) is 4. The lowest BCUT2D eigenvalue weighted by atomic mass is 10.0. The number of hydrogen-bond donors (Lipinski definition) is 2. The van der Waals surface area contributed by atoms with Crippen LogP contribution in [-0.4, -0.2) is 70.2 Å². The van der Waals surface area contributed by atoms with Crippen LogP contribution in [0.15, 0.2) is 29.3 Å². The van der Waals surface area contributed by atoms with Gasteiger partial charge in [-0.25, -0.2) is 12.7 Å². The Morgan fingerprint density at radius 1 is 1.25 bits per heavy atom. The topological polar surface area (TPSA) is 77.0 Å². The number of piperidine rings is 1. The first-order valence-corrected chi connectivity index (χ1v) is 11.8. The van der Waals surface area contributed by atoms with Crippen LogP contribution in [0.4, 0.5) is 5.69 Å². The molecule has 1 fully saturated rings. The van der Waals surface area contributed by atoms with Gasteiger partial charge in [0.05, 0.1) is 5.75 Å². The van der Waals surface area contributed by atoms with Crippen molar-refractivity contribution in [1.29, 1.82) is 0 Å². The molecule has 158 valence electrons. The van der Waals surface area contributed by atoms with Gasteiger partial charge in [0.1, 0.15) is 0 Å². The molecule has 0 aromatic heterocycles. The number of sulfonamides is 1. The van der Waals surface area contributed by atoms with Gasteiger partial charge in [0.25, 0.3) is 0 Å². The van der Waals surface area contributed by atoms with Gasteiger partial charge < -0.3 is 15.5 Å². The minimum absolute atomic E-state index is 0.0650. The zero-order valence-corrected chi connectivity index (χ0v) is 18.4. The summed E-state index contributed by atoms with van der Waals surface area (Å²) in [5.41, 5.74) is 2.50. The Morgan fingerprint density at radius 3 is 2.54 bits per heavy atom. The van der Waals surface area contributed by atoms with Gasteiger partial charge in [0.2, 0.25) is 10.0 Å². The van der Waals surface area contributed by atoms with Gasteiger partial charge >= 0.3 is 0 Å². The maximum Gasteiger partial charge on any atom is 0.215 e. The second-order valence-electron chi connectivity index (χ2n) is 7.16. The van der Waals surface area contributed by atoms with Crippen molar-refractivity contribution >= 4 is 21.7 Å². The summed E-state index contributed by atoms with van der Waals surface area (Å²) in [6.07, 6.45) is 2.18. The molecular weight excluding hydrogens is 374 g/mol. The van der Waals surface area contributed by atoms with Gasteiger partial charge in [0, 0.05) is 51.5 Å². The molecule has 8 heteroatoms. The fourth-order valence-corrected chi connectivity index (χ4v) is 4.92. The third-order valence-corrected chi connectivity index (χ3v) is 7.16. The molecule has 0 aliphatic carbocycles. The lowest BCUT2D eigenvalue weighted by molar-refractivity contribution is 0.444. The summed E-state index contributed by atoms with van der Waals surface area (Å²) in [5, 5.41) is 6.60. The largest absolute Gasteiger partial charge is 0.369 e. The molecule has 1 heterocycles. The number of nitrogens with zero attached hydrogens (tertiary/aromatic N) is 3. The van der Waals surface area contributed by atoms with Crippen molar-refractivity contribution in [3.8, 4) is 0 Å². The van der Waals surface area contributed by atoms with E-state index < -0.39 is 10.0 Å². The van der Waals surface area contributed by atoms with Crippen LogP contribution in [0.2, 0.25) is 0 Å². The number of rotatable bonds is 8. The molecule has 1 atom stereocenters. The number of aliphatic imine (C=N–C) groups is 1.